The summed E-state index contributed by atoms with van der Waals surface area (Å²) >= 11 is 6.16. The van der Waals surface area contributed by atoms with E-state index in [2.05, 4.69) is 5.10 Å². The Morgan fingerprint density at radius 2 is 2.17 bits per heavy atom. The zero-order valence-electron chi connectivity index (χ0n) is 10.2. The van der Waals surface area contributed by atoms with Gasteiger partial charge in [0.15, 0.2) is 0 Å². The smallest absolute Gasteiger partial charge is 0.0886 e. The van der Waals surface area contributed by atoms with Gasteiger partial charge in [-0.05, 0) is 43.5 Å². The third kappa shape index (κ3) is 2.04. The molecule has 0 atom stereocenters. The molecule has 0 radical (unpaired) electrons. The van der Waals surface area contributed by atoms with Crippen molar-refractivity contribution in [1.82, 2.24) is 9.78 Å². The Balaban J connectivity index is 2.08. The standard InChI is InChI=1S/C14H15ClN2O/c1-9-2-5-12(7-13(9)15)17-14(10-3-4-10)6-11(8-18)16-17/h2,5-7,10,18H,3-4,8H2,1H3. The summed E-state index contributed by atoms with van der Waals surface area (Å²) in [6.45, 7) is 1.96. The van der Waals surface area contributed by atoms with Crippen molar-refractivity contribution in [2.24, 2.45) is 0 Å². The highest BCUT2D eigenvalue weighted by molar-refractivity contribution is 6.31. The third-order valence-electron chi connectivity index (χ3n) is 3.35. The highest BCUT2D eigenvalue weighted by atomic mass is 35.5. The molecule has 1 heterocycles. The maximum absolute atomic E-state index is 9.22. The molecule has 0 aliphatic heterocycles. The number of rotatable bonds is 3. The molecule has 1 N–H and O–H groups in total. The molecule has 18 heavy (non-hydrogen) atoms. The minimum Gasteiger partial charge on any atom is -0.390 e. The van der Waals surface area contributed by atoms with Crippen LogP contribution >= 0.6 is 11.6 Å². The van der Waals surface area contributed by atoms with Crippen LogP contribution in [0.1, 0.15) is 35.7 Å². The van der Waals surface area contributed by atoms with Gasteiger partial charge in [0.25, 0.3) is 0 Å². The Morgan fingerprint density at radius 1 is 1.39 bits per heavy atom. The Morgan fingerprint density at radius 3 is 2.78 bits per heavy atom. The molecule has 0 unspecified atom stereocenters. The van der Waals surface area contributed by atoms with Gasteiger partial charge in [-0.15, -0.1) is 0 Å². The second-order valence-electron chi connectivity index (χ2n) is 4.84. The Bertz CT molecular complexity index is 587. The summed E-state index contributed by atoms with van der Waals surface area (Å²) in [5.74, 6) is 0.581. The lowest BCUT2D eigenvalue weighted by Gasteiger charge is -2.08. The van der Waals surface area contributed by atoms with Crippen LogP contribution in [0.5, 0.6) is 0 Å². The van der Waals surface area contributed by atoms with E-state index in [1.54, 1.807) is 0 Å². The molecule has 1 saturated carbocycles. The maximum Gasteiger partial charge on any atom is 0.0886 e. The molecule has 3 nitrogen and oxygen atoms in total. The van der Waals surface area contributed by atoms with E-state index in [1.807, 2.05) is 35.9 Å². The van der Waals surface area contributed by atoms with Crippen molar-refractivity contribution in [3.05, 3.63) is 46.2 Å². The number of halogens is 1. The van der Waals surface area contributed by atoms with E-state index in [-0.39, 0.29) is 6.61 Å². The van der Waals surface area contributed by atoms with Crippen LogP contribution in [0.25, 0.3) is 5.69 Å². The van der Waals surface area contributed by atoms with Gasteiger partial charge >= 0.3 is 0 Å². The highest BCUT2D eigenvalue weighted by Crippen LogP contribution is 2.41. The second kappa shape index (κ2) is 4.41. The van der Waals surface area contributed by atoms with Gasteiger partial charge in [0.05, 0.1) is 18.0 Å². The number of aliphatic hydroxyl groups excluding tert-OH is 1. The van der Waals surface area contributed by atoms with Crippen LogP contribution in [0.3, 0.4) is 0 Å². The van der Waals surface area contributed by atoms with E-state index in [9.17, 15) is 5.11 Å². The minimum atomic E-state index is -0.0215. The van der Waals surface area contributed by atoms with Crippen molar-refractivity contribution in [1.29, 1.82) is 0 Å². The quantitative estimate of drug-likeness (QED) is 0.922. The van der Waals surface area contributed by atoms with Crippen molar-refractivity contribution < 1.29 is 5.11 Å². The van der Waals surface area contributed by atoms with Crippen molar-refractivity contribution >= 4 is 11.6 Å². The van der Waals surface area contributed by atoms with Gasteiger partial charge in [0.1, 0.15) is 0 Å². The van der Waals surface area contributed by atoms with Gasteiger partial charge in [0, 0.05) is 16.6 Å². The summed E-state index contributed by atoms with van der Waals surface area (Å²) in [5, 5.41) is 14.4. The van der Waals surface area contributed by atoms with Crippen molar-refractivity contribution in [3.8, 4) is 5.69 Å². The molecule has 4 heteroatoms. The monoisotopic (exact) mass is 262 g/mol. The summed E-state index contributed by atoms with van der Waals surface area (Å²) < 4.78 is 1.91. The van der Waals surface area contributed by atoms with Crippen LogP contribution in [0.4, 0.5) is 0 Å². The van der Waals surface area contributed by atoms with Gasteiger partial charge in [-0.25, -0.2) is 4.68 Å². The van der Waals surface area contributed by atoms with E-state index in [0.717, 1.165) is 16.3 Å². The molecule has 1 fully saturated rings. The summed E-state index contributed by atoms with van der Waals surface area (Å²) in [6.07, 6.45) is 2.41. The number of hydrogen-bond acceptors (Lipinski definition) is 2. The lowest BCUT2D eigenvalue weighted by Crippen LogP contribution is -2.01. The number of hydrogen-bond donors (Lipinski definition) is 1. The van der Waals surface area contributed by atoms with Crippen LogP contribution in [0.15, 0.2) is 24.3 Å². The third-order valence-corrected chi connectivity index (χ3v) is 3.75. The second-order valence-corrected chi connectivity index (χ2v) is 5.25. The van der Waals surface area contributed by atoms with Crippen molar-refractivity contribution in [2.45, 2.75) is 32.3 Å². The lowest BCUT2D eigenvalue weighted by atomic mass is 10.2. The zero-order valence-corrected chi connectivity index (χ0v) is 11.0. The van der Waals surface area contributed by atoms with Gasteiger partial charge < -0.3 is 5.11 Å². The topological polar surface area (TPSA) is 38.0 Å². The molecule has 0 amide bonds. The zero-order chi connectivity index (χ0) is 12.7. The number of benzene rings is 1. The molecule has 1 aromatic carbocycles. The number of aliphatic hydroxyl groups is 1. The van der Waals surface area contributed by atoms with Crippen LogP contribution < -0.4 is 0 Å². The van der Waals surface area contributed by atoms with Crippen molar-refractivity contribution in [3.63, 3.8) is 0 Å². The molecule has 94 valence electrons. The van der Waals surface area contributed by atoms with E-state index in [0.29, 0.717) is 11.6 Å². The van der Waals surface area contributed by atoms with Crippen LogP contribution in [0, 0.1) is 6.92 Å². The molecule has 1 aliphatic carbocycles. The molecule has 0 saturated heterocycles. The predicted octanol–water partition coefficient (Wildman–Crippen LogP) is 3.20. The minimum absolute atomic E-state index is 0.0215. The fourth-order valence-electron chi connectivity index (χ4n) is 2.11. The normalized spacial score (nSPS) is 15.1. The van der Waals surface area contributed by atoms with Gasteiger partial charge in [0.2, 0.25) is 0 Å². The van der Waals surface area contributed by atoms with Crippen LogP contribution in [0.2, 0.25) is 5.02 Å². The molecule has 0 spiro atoms. The van der Waals surface area contributed by atoms with Crippen LogP contribution in [-0.4, -0.2) is 14.9 Å². The Kier molecular flexibility index (Phi) is 2.88. The fourth-order valence-corrected chi connectivity index (χ4v) is 2.29. The first kappa shape index (κ1) is 11.8. The Labute approximate surface area is 111 Å². The highest BCUT2D eigenvalue weighted by Gasteiger charge is 2.28. The van der Waals surface area contributed by atoms with Gasteiger partial charge in [-0.3, -0.25) is 0 Å². The SMILES string of the molecule is Cc1ccc(-n2nc(CO)cc2C2CC2)cc1Cl. The number of aryl methyl sites for hydroxylation is 1. The number of nitrogens with zero attached hydrogens (tertiary/aromatic N) is 2. The summed E-state index contributed by atoms with van der Waals surface area (Å²) in [5.41, 5.74) is 3.92. The first-order valence-electron chi connectivity index (χ1n) is 6.15. The molecule has 1 aliphatic rings. The summed E-state index contributed by atoms with van der Waals surface area (Å²) in [7, 11) is 0. The first-order valence-corrected chi connectivity index (χ1v) is 6.53. The van der Waals surface area contributed by atoms with E-state index >= 15 is 0 Å². The maximum atomic E-state index is 9.22. The number of aromatic nitrogens is 2. The summed E-state index contributed by atoms with van der Waals surface area (Å²) in [6, 6.07) is 7.93. The molecule has 1 aromatic heterocycles. The predicted molar refractivity (Wildman–Crippen MR) is 71.2 cm³/mol. The average molecular weight is 263 g/mol. The molecule has 3 rings (SSSR count). The van der Waals surface area contributed by atoms with Gasteiger partial charge in [-0.2, -0.15) is 5.10 Å². The Hall–Kier alpha value is -1.32. The summed E-state index contributed by atoms with van der Waals surface area (Å²) in [4.78, 5) is 0. The molecule has 2 aromatic rings. The van der Waals surface area contributed by atoms with Crippen molar-refractivity contribution in [2.75, 3.05) is 0 Å². The fraction of sp³-hybridized carbons (Fsp3) is 0.357. The lowest BCUT2D eigenvalue weighted by molar-refractivity contribution is 0.276. The first-order chi connectivity index (χ1) is 8.69. The van der Waals surface area contributed by atoms with E-state index in [4.69, 9.17) is 11.6 Å². The molecular weight excluding hydrogens is 248 g/mol. The molecular formula is C14H15ClN2O. The van der Waals surface area contributed by atoms with Crippen LogP contribution in [-0.2, 0) is 6.61 Å². The van der Waals surface area contributed by atoms with E-state index < -0.39 is 0 Å². The average Bonchev–Trinajstić information content (AvgIpc) is 3.12. The van der Waals surface area contributed by atoms with E-state index in [1.165, 1.54) is 18.5 Å². The van der Waals surface area contributed by atoms with Gasteiger partial charge in [-0.1, -0.05) is 17.7 Å². The largest absolute Gasteiger partial charge is 0.390 e. The molecule has 0 bridgehead atoms.